The van der Waals surface area contributed by atoms with Gasteiger partial charge in [-0.1, -0.05) is 29.8 Å². The molecule has 0 spiro atoms. The van der Waals surface area contributed by atoms with Crippen LogP contribution in [0.2, 0.25) is 5.02 Å². The number of thiocarbonyl (C=S) groups is 1. The van der Waals surface area contributed by atoms with Gasteiger partial charge in [-0.3, -0.25) is 4.98 Å². The number of alkyl halides is 3. The molecule has 0 radical (unpaired) electrons. The highest BCUT2D eigenvalue weighted by Gasteiger charge is 2.31. The molecule has 0 saturated carbocycles. The fraction of sp³-hybridized carbons (Fsp3) is 0.200. The maximum Gasteiger partial charge on any atom is 0.417 e. The minimum Gasteiger partial charge on any atom is -0.357 e. The topological polar surface area (TPSA) is 37.0 Å². The van der Waals surface area contributed by atoms with Gasteiger partial charge in [0, 0.05) is 11.9 Å². The van der Waals surface area contributed by atoms with Crippen molar-refractivity contribution in [3.63, 3.8) is 0 Å². The second-order valence-electron chi connectivity index (χ2n) is 4.77. The van der Waals surface area contributed by atoms with Crippen molar-refractivity contribution in [2.75, 3.05) is 5.32 Å². The highest BCUT2D eigenvalue weighted by atomic mass is 35.5. The maximum atomic E-state index is 12.5. The summed E-state index contributed by atoms with van der Waals surface area (Å²) < 4.78 is 37.6. The summed E-state index contributed by atoms with van der Waals surface area (Å²) >= 11 is 11.0. The van der Waals surface area contributed by atoms with Crippen LogP contribution in [0.5, 0.6) is 0 Å². The minimum absolute atomic E-state index is 0.0639. The van der Waals surface area contributed by atoms with Gasteiger partial charge in [0.2, 0.25) is 0 Å². The van der Waals surface area contributed by atoms with Crippen molar-refractivity contribution in [3.8, 4) is 0 Å². The van der Waals surface area contributed by atoms with E-state index in [-0.39, 0.29) is 17.3 Å². The van der Waals surface area contributed by atoms with Crippen LogP contribution in [0.3, 0.4) is 0 Å². The number of nitrogens with one attached hydrogen (secondary N) is 2. The first-order chi connectivity index (χ1) is 10.8. The number of hydrogen-bond acceptors (Lipinski definition) is 2. The maximum absolute atomic E-state index is 12.5. The summed E-state index contributed by atoms with van der Waals surface area (Å²) in [5.41, 5.74) is 1.26. The Bertz CT molecular complexity index is 719. The van der Waals surface area contributed by atoms with Gasteiger partial charge in [-0.25, -0.2) is 0 Å². The van der Waals surface area contributed by atoms with Gasteiger partial charge in [-0.05, 0) is 36.8 Å². The van der Waals surface area contributed by atoms with Crippen LogP contribution in [0.1, 0.15) is 16.8 Å². The van der Waals surface area contributed by atoms with Crippen LogP contribution >= 0.6 is 23.8 Å². The van der Waals surface area contributed by atoms with Crippen LogP contribution in [0.4, 0.5) is 18.9 Å². The number of nitrogens with zero attached hydrogens (tertiary/aromatic N) is 1. The molecule has 2 aromatic rings. The van der Waals surface area contributed by atoms with Gasteiger partial charge in [0.05, 0.1) is 22.8 Å². The highest BCUT2D eigenvalue weighted by molar-refractivity contribution is 7.80. The Kier molecular flexibility index (Phi) is 5.43. The third-order valence-electron chi connectivity index (χ3n) is 3.05. The van der Waals surface area contributed by atoms with E-state index in [2.05, 4.69) is 15.6 Å². The van der Waals surface area contributed by atoms with Gasteiger partial charge < -0.3 is 10.6 Å². The van der Waals surface area contributed by atoms with Gasteiger partial charge in [0.25, 0.3) is 0 Å². The molecule has 0 aliphatic carbocycles. The molecule has 0 atom stereocenters. The molecule has 2 N–H and O–H groups in total. The SMILES string of the molecule is Cc1ccccc1NC(=S)NCc1ncc(C(F)(F)F)cc1Cl. The smallest absolute Gasteiger partial charge is 0.357 e. The molecule has 23 heavy (non-hydrogen) atoms. The molecule has 1 aromatic carbocycles. The predicted octanol–water partition coefficient (Wildman–Crippen LogP) is 4.55. The average molecular weight is 360 g/mol. The summed E-state index contributed by atoms with van der Waals surface area (Å²) in [7, 11) is 0. The number of hydrogen-bond donors (Lipinski definition) is 2. The first-order valence-corrected chi connectivity index (χ1v) is 7.38. The summed E-state index contributed by atoms with van der Waals surface area (Å²) in [5, 5.41) is 6.14. The van der Waals surface area contributed by atoms with Crippen molar-refractivity contribution in [2.24, 2.45) is 0 Å². The number of anilines is 1. The molecule has 3 nitrogen and oxygen atoms in total. The van der Waals surface area contributed by atoms with E-state index in [4.69, 9.17) is 23.8 Å². The van der Waals surface area contributed by atoms with Crippen molar-refractivity contribution in [3.05, 3.63) is 58.4 Å². The second-order valence-corrected chi connectivity index (χ2v) is 5.59. The summed E-state index contributed by atoms with van der Waals surface area (Å²) in [6, 6.07) is 8.42. The van der Waals surface area contributed by atoms with Crippen LogP contribution in [0, 0.1) is 6.92 Å². The van der Waals surface area contributed by atoms with Crippen molar-refractivity contribution in [2.45, 2.75) is 19.6 Å². The quantitative estimate of drug-likeness (QED) is 0.788. The van der Waals surface area contributed by atoms with Gasteiger partial charge in [0.15, 0.2) is 5.11 Å². The summed E-state index contributed by atoms with van der Waals surface area (Å²) in [4.78, 5) is 3.74. The molecule has 8 heteroatoms. The zero-order chi connectivity index (χ0) is 17.0. The van der Waals surface area contributed by atoms with Crippen molar-refractivity contribution in [1.82, 2.24) is 10.3 Å². The molecule has 122 valence electrons. The van der Waals surface area contributed by atoms with E-state index in [0.29, 0.717) is 5.11 Å². The number of pyridine rings is 1. The molecular weight excluding hydrogens is 347 g/mol. The van der Waals surface area contributed by atoms with Crippen molar-refractivity contribution in [1.29, 1.82) is 0 Å². The third kappa shape index (κ3) is 4.80. The standard InChI is InChI=1S/C15H13ClF3N3S/c1-9-4-2-3-5-12(9)22-14(23)21-8-13-11(16)6-10(7-20-13)15(17,18)19/h2-7H,8H2,1H3,(H2,21,22,23). The van der Waals surface area contributed by atoms with Crippen molar-refractivity contribution >= 4 is 34.6 Å². The number of benzene rings is 1. The third-order valence-corrected chi connectivity index (χ3v) is 3.63. The molecule has 0 unspecified atom stereocenters. The van der Waals surface area contributed by atoms with E-state index in [9.17, 15) is 13.2 Å². The van der Waals surface area contributed by atoms with Crippen molar-refractivity contribution < 1.29 is 13.2 Å². The molecule has 0 saturated heterocycles. The van der Waals surface area contributed by atoms with Crippen LogP contribution in [-0.4, -0.2) is 10.1 Å². The predicted molar refractivity (Wildman–Crippen MR) is 88.5 cm³/mol. The Hall–Kier alpha value is -1.86. The average Bonchev–Trinajstić information content (AvgIpc) is 2.47. The number of aromatic nitrogens is 1. The second kappa shape index (κ2) is 7.14. The molecular formula is C15H13ClF3N3S. The number of halogens is 4. The minimum atomic E-state index is -4.47. The van der Waals surface area contributed by atoms with Gasteiger partial charge in [-0.2, -0.15) is 13.2 Å². The van der Waals surface area contributed by atoms with Crippen LogP contribution in [0.25, 0.3) is 0 Å². The monoisotopic (exact) mass is 359 g/mol. The van der Waals surface area contributed by atoms with Crippen LogP contribution < -0.4 is 10.6 Å². The van der Waals surface area contributed by atoms with Gasteiger partial charge in [0.1, 0.15) is 0 Å². The van der Waals surface area contributed by atoms with E-state index >= 15 is 0 Å². The van der Waals surface area contributed by atoms with Crippen LogP contribution in [0.15, 0.2) is 36.5 Å². The first-order valence-electron chi connectivity index (χ1n) is 6.59. The summed E-state index contributed by atoms with van der Waals surface area (Å²) in [5.74, 6) is 0. The largest absolute Gasteiger partial charge is 0.417 e. The first kappa shape index (κ1) is 17.5. The van der Waals surface area contributed by atoms with E-state index < -0.39 is 11.7 Å². The Morgan fingerprint density at radius 1 is 1.30 bits per heavy atom. The normalized spacial score (nSPS) is 11.2. The number of aryl methyl sites for hydroxylation is 1. The molecule has 1 heterocycles. The van der Waals surface area contributed by atoms with E-state index in [0.717, 1.165) is 23.5 Å². The lowest BCUT2D eigenvalue weighted by molar-refractivity contribution is -0.137. The van der Waals surface area contributed by atoms with E-state index in [1.807, 2.05) is 31.2 Å². The highest BCUT2D eigenvalue weighted by Crippen LogP contribution is 2.30. The molecule has 2 rings (SSSR count). The van der Waals surface area contributed by atoms with E-state index in [1.54, 1.807) is 0 Å². The lowest BCUT2D eigenvalue weighted by Crippen LogP contribution is -2.28. The molecule has 0 amide bonds. The molecule has 0 bridgehead atoms. The molecule has 0 aliphatic heterocycles. The van der Waals surface area contributed by atoms with Crippen LogP contribution in [-0.2, 0) is 12.7 Å². The Morgan fingerprint density at radius 3 is 2.61 bits per heavy atom. The number of rotatable bonds is 3. The molecule has 0 fully saturated rings. The van der Waals surface area contributed by atoms with Gasteiger partial charge >= 0.3 is 6.18 Å². The molecule has 1 aromatic heterocycles. The molecule has 0 aliphatic rings. The Labute approximate surface area is 141 Å². The lowest BCUT2D eigenvalue weighted by atomic mass is 10.2. The lowest BCUT2D eigenvalue weighted by Gasteiger charge is -2.13. The Morgan fingerprint density at radius 2 is 2.00 bits per heavy atom. The Balaban J connectivity index is 1.98. The zero-order valence-corrected chi connectivity index (χ0v) is 13.6. The van der Waals surface area contributed by atoms with E-state index in [1.165, 1.54) is 0 Å². The zero-order valence-electron chi connectivity index (χ0n) is 12.0. The summed E-state index contributed by atoms with van der Waals surface area (Å²) in [6.07, 6.45) is -3.72. The fourth-order valence-electron chi connectivity index (χ4n) is 1.79. The number of para-hydroxylation sites is 1. The summed E-state index contributed by atoms with van der Waals surface area (Å²) in [6.45, 7) is 2.05. The fourth-order valence-corrected chi connectivity index (χ4v) is 2.21. The van der Waals surface area contributed by atoms with Gasteiger partial charge in [-0.15, -0.1) is 0 Å².